The fraction of sp³-hybridized carbons (Fsp3) is 0.312. The van der Waals surface area contributed by atoms with Crippen molar-refractivity contribution in [3.05, 3.63) is 46.8 Å². The van der Waals surface area contributed by atoms with Crippen molar-refractivity contribution < 1.29 is 9.90 Å². The highest BCUT2D eigenvalue weighted by Crippen LogP contribution is 2.30. The van der Waals surface area contributed by atoms with Crippen LogP contribution in [0.2, 0.25) is 0 Å². The van der Waals surface area contributed by atoms with E-state index in [0.717, 1.165) is 6.54 Å². The van der Waals surface area contributed by atoms with Crippen LogP contribution in [0.25, 0.3) is 10.4 Å². The highest BCUT2D eigenvalue weighted by atomic mass is 32.1. The molecule has 1 aromatic heterocycles. The molecular weight excluding hydrogens is 270 g/mol. The molecule has 3 nitrogen and oxygen atoms in total. The van der Waals surface area contributed by atoms with Gasteiger partial charge in [-0.3, -0.25) is 9.69 Å². The summed E-state index contributed by atoms with van der Waals surface area (Å²) in [6.07, 6.45) is 0. The predicted octanol–water partition coefficient (Wildman–Crippen LogP) is 3.24. The van der Waals surface area contributed by atoms with E-state index in [1.54, 1.807) is 11.3 Å². The summed E-state index contributed by atoms with van der Waals surface area (Å²) in [6.45, 7) is 4.31. The molecule has 0 radical (unpaired) electrons. The first kappa shape index (κ1) is 13.3. The third-order valence-corrected chi connectivity index (χ3v) is 4.77. The lowest BCUT2D eigenvalue weighted by molar-refractivity contribution is -0.147. The molecule has 4 heteroatoms. The van der Waals surface area contributed by atoms with Crippen molar-refractivity contribution in [1.29, 1.82) is 0 Å². The van der Waals surface area contributed by atoms with Gasteiger partial charge in [0.15, 0.2) is 0 Å². The third-order valence-electron chi connectivity index (χ3n) is 3.65. The van der Waals surface area contributed by atoms with Crippen molar-refractivity contribution in [3.8, 4) is 10.4 Å². The predicted molar refractivity (Wildman–Crippen MR) is 80.9 cm³/mol. The lowest BCUT2D eigenvalue weighted by atomic mass is 10.0. The van der Waals surface area contributed by atoms with Crippen molar-refractivity contribution in [2.75, 3.05) is 13.1 Å². The number of benzene rings is 1. The molecule has 2 heterocycles. The number of aryl methyl sites for hydroxylation is 1. The number of thiophene rings is 1. The highest BCUT2D eigenvalue weighted by molar-refractivity contribution is 7.15. The molecule has 1 aliphatic rings. The van der Waals surface area contributed by atoms with E-state index in [2.05, 4.69) is 48.2 Å². The first-order chi connectivity index (χ1) is 9.61. The zero-order valence-electron chi connectivity index (χ0n) is 11.4. The fourth-order valence-electron chi connectivity index (χ4n) is 2.49. The molecule has 1 saturated heterocycles. The molecule has 0 amide bonds. The van der Waals surface area contributed by atoms with Gasteiger partial charge in [-0.25, -0.2) is 0 Å². The normalized spacial score (nSPS) is 16.1. The van der Waals surface area contributed by atoms with Crippen molar-refractivity contribution >= 4 is 17.3 Å². The molecule has 0 saturated carbocycles. The van der Waals surface area contributed by atoms with Crippen LogP contribution < -0.4 is 0 Å². The first-order valence-corrected chi connectivity index (χ1v) is 7.54. The van der Waals surface area contributed by atoms with E-state index in [1.807, 2.05) is 0 Å². The second-order valence-electron chi connectivity index (χ2n) is 5.36. The van der Waals surface area contributed by atoms with Crippen molar-refractivity contribution in [2.45, 2.75) is 13.5 Å². The summed E-state index contributed by atoms with van der Waals surface area (Å²) in [5.41, 5.74) is 2.53. The van der Waals surface area contributed by atoms with Gasteiger partial charge in [0.05, 0.1) is 5.92 Å². The second-order valence-corrected chi connectivity index (χ2v) is 6.53. The van der Waals surface area contributed by atoms with Gasteiger partial charge < -0.3 is 5.11 Å². The van der Waals surface area contributed by atoms with Gasteiger partial charge in [0.25, 0.3) is 0 Å². The largest absolute Gasteiger partial charge is 0.481 e. The van der Waals surface area contributed by atoms with Crippen molar-refractivity contribution in [2.24, 2.45) is 5.92 Å². The van der Waals surface area contributed by atoms with Crippen molar-refractivity contribution in [1.82, 2.24) is 4.90 Å². The molecule has 1 N–H and O–H groups in total. The zero-order valence-corrected chi connectivity index (χ0v) is 12.2. The molecule has 0 bridgehead atoms. The minimum absolute atomic E-state index is 0.175. The Morgan fingerprint density at radius 3 is 2.85 bits per heavy atom. The van der Waals surface area contributed by atoms with E-state index in [0.29, 0.717) is 13.1 Å². The Hall–Kier alpha value is -1.65. The Kier molecular flexibility index (Phi) is 3.59. The number of hydrogen-bond donors (Lipinski definition) is 1. The number of carboxylic acids is 1. The number of aliphatic carboxylic acids is 1. The summed E-state index contributed by atoms with van der Waals surface area (Å²) in [5.74, 6) is -0.848. The monoisotopic (exact) mass is 287 g/mol. The molecular formula is C16H17NO2S. The summed E-state index contributed by atoms with van der Waals surface area (Å²) in [7, 11) is 0. The maximum absolute atomic E-state index is 10.8. The van der Waals surface area contributed by atoms with Gasteiger partial charge >= 0.3 is 5.97 Å². The van der Waals surface area contributed by atoms with Crippen LogP contribution in [-0.4, -0.2) is 29.1 Å². The molecule has 1 aromatic carbocycles. The van der Waals surface area contributed by atoms with Gasteiger partial charge in [0.2, 0.25) is 0 Å². The quantitative estimate of drug-likeness (QED) is 0.938. The van der Waals surface area contributed by atoms with E-state index in [1.165, 1.54) is 20.9 Å². The van der Waals surface area contributed by atoms with Crippen LogP contribution in [0, 0.1) is 12.8 Å². The van der Waals surface area contributed by atoms with E-state index in [4.69, 9.17) is 5.11 Å². The van der Waals surface area contributed by atoms with Crippen LogP contribution in [0.1, 0.15) is 10.4 Å². The maximum Gasteiger partial charge on any atom is 0.309 e. The minimum Gasteiger partial charge on any atom is -0.481 e. The molecule has 104 valence electrons. The van der Waals surface area contributed by atoms with Crippen LogP contribution in [0.15, 0.2) is 36.4 Å². The van der Waals surface area contributed by atoms with Crippen molar-refractivity contribution in [3.63, 3.8) is 0 Å². The van der Waals surface area contributed by atoms with E-state index in [-0.39, 0.29) is 5.92 Å². The molecule has 0 unspecified atom stereocenters. The summed E-state index contributed by atoms with van der Waals surface area (Å²) in [5, 5.41) is 8.87. The van der Waals surface area contributed by atoms with Crippen LogP contribution >= 0.6 is 11.3 Å². The topological polar surface area (TPSA) is 40.5 Å². The Morgan fingerprint density at radius 2 is 2.15 bits per heavy atom. The Labute approximate surface area is 122 Å². The van der Waals surface area contributed by atoms with E-state index < -0.39 is 5.97 Å². The lowest BCUT2D eigenvalue weighted by Gasteiger charge is -2.36. The lowest BCUT2D eigenvalue weighted by Crippen LogP contribution is -2.49. The van der Waals surface area contributed by atoms with Gasteiger partial charge in [0.1, 0.15) is 0 Å². The van der Waals surface area contributed by atoms with Gasteiger partial charge in [-0.2, -0.15) is 0 Å². The first-order valence-electron chi connectivity index (χ1n) is 6.73. The summed E-state index contributed by atoms with van der Waals surface area (Å²) in [4.78, 5) is 15.5. The van der Waals surface area contributed by atoms with Crippen LogP contribution in [0.4, 0.5) is 0 Å². The summed E-state index contributed by atoms with van der Waals surface area (Å²) in [6, 6.07) is 12.8. The molecule has 1 fully saturated rings. The van der Waals surface area contributed by atoms with Gasteiger partial charge in [-0.05, 0) is 24.6 Å². The Balaban J connectivity index is 1.65. The highest BCUT2D eigenvalue weighted by Gasteiger charge is 2.32. The maximum atomic E-state index is 10.8. The molecule has 0 aliphatic carbocycles. The second kappa shape index (κ2) is 5.38. The molecule has 2 aromatic rings. The molecule has 20 heavy (non-hydrogen) atoms. The third kappa shape index (κ3) is 2.76. The fourth-order valence-corrected chi connectivity index (χ4v) is 3.54. The van der Waals surface area contributed by atoms with Gasteiger partial charge in [-0.1, -0.05) is 29.8 Å². The molecule has 0 spiro atoms. The molecule has 1 aliphatic heterocycles. The number of nitrogens with zero attached hydrogens (tertiary/aromatic N) is 1. The standard InChI is InChI=1S/C16H17NO2S/c1-11-3-2-4-12(7-11)15-6-5-14(20-15)10-17-8-13(9-17)16(18)19/h2-7,13H,8-10H2,1H3,(H,18,19). The van der Waals surface area contributed by atoms with E-state index >= 15 is 0 Å². The number of rotatable bonds is 4. The average Bonchev–Trinajstić information content (AvgIpc) is 2.81. The van der Waals surface area contributed by atoms with Crippen LogP contribution in [0.3, 0.4) is 0 Å². The van der Waals surface area contributed by atoms with Crippen LogP contribution in [-0.2, 0) is 11.3 Å². The number of carboxylic acid groups (broad SMARTS) is 1. The zero-order chi connectivity index (χ0) is 14.1. The van der Waals surface area contributed by atoms with Gasteiger partial charge in [-0.15, -0.1) is 11.3 Å². The van der Waals surface area contributed by atoms with Crippen LogP contribution in [0.5, 0.6) is 0 Å². The number of carbonyl (C=O) groups is 1. The SMILES string of the molecule is Cc1cccc(-c2ccc(CN3CC(C(=O)O)C3)s2)c1. The Bertz CT molecular complexity index is 629. The molecule has 3 rings (SSSR count). The number of likely N-dealkylation sites (tertiary alicyclic amines) is 1. The van der Waals surface area contributed by atoms with Gasteiger partial charge in [0, 0.05) is 29.4 Å². The van der Waals surface area contributed by atoms with E-state index in [9.17, 15) is 4.79 Å². The Morgan fingerprint density at radius 1 is 1.35 bits per heavy atom. The minimum atomic E-state index is -0.673. The number of hydrogen-bond acceptors (Lipinski definition) is 3. The smallest absolute Gasteiger partial charge is 0.309 e. The molecule has 0 atom stereocenters. The summed E-state index contributed by atoms with van der Waals surface area (Å²) < 4.78 is 0. The average molecular weight is 287 g/mol. The summed E-state index contributed by atoms with van der Waals surface area (Å²) >= 11 is 1.79.